The fourth-order valence-corrected chi connectivity index (χ4v) is 2.15. The Morgan fingerprint density at radius 2 is 1.86 bits per heavy atom. The van der Waals surface area contributed by atoms with Gasteiger partial charge in [0.1, 0.15) is 5.75 Å². The Morgan fingerprint density at radius 3 is 2.36 bits per heavy atom. The predicted molar refractivity (Wildman–Crippen MR) is 48.5 cm³/mol. The Labute approximate surface area is 82.4 Å². The molecule has 0 amide bonds. The van der Waals surface area contributed by atoms with E-state index in [4.69, 9.17) is 0 Å². The Morgan fingerprint density at radius 1 is 1.29 bits per heavy atom. The summed E-state index contributed by atoms with van der Waals surface area (Å²) in [6.45, 7) is 1.64. The average Bonchev–Trinajstić information content (AvgIpc) is 2.01. The number of benzene rings is 1. The molecule has 0 saturated heterocycles. The lowest BCUT2D eigenvalue weighted by Gasteiger charge is -2.07. The lowest BCUT2D eigenvalue weighted by Crippen LogP contribution is -2.18. The number of rotatable bonds is 2. The molecule has 0 aromatic heterocycles. The number of aryl methyl sites for hydroxylation is 1. The van der Waals surface area contributed by atoms with E-state index in [0.29, 0.717) is 5.56 Å². The molecule has 0 heterocycles. The van der Waals surface area contributed by atoms with Gasteiger partial charge in [0.2, 0.25) is 0 Å². The van der Waals surface area contributed by atoms with Gasteiger partial charge in [-0.2, -0.15) is 13.2 Å². The smallest absolute Gasteiger partial charge is 0.254 e. The molecule has 1 atom stereocenters. The van der Waals surface area contributed by atoms with E-state index in [-0.39, 0.29) is 4.90 Å². The Bertz CT molecular complexity index is 346. The maximum absolute atomic E-state index is 11.9. The molecule has 0 aliphatic heterocycles. The molecule has 1 unspecified atom stereocenters. The van der Waals surface area contributed by atoms with Crippen molar-refractivity contribution in [1.29, 1.82) is 0 Å². The highest BCUT2D eigenvalue weighted by atomic mass is 32.2. The van der Waals surface area contributed by atoms with Crippen LogP contribution in [-0.4, -0.2) is 16.1 Å². The van der Waals surface area contributed by atoms with Crippen LogP contribution in [0.2, 0.25) is 0 Å². The molecule has 0 saturated carbocycles. The van der Waals surface area contributed by atoms with Crippen LogP contribution in [0.15, 0.2) is 29.2 Å². The Hall–Kier alpha value is -0.840. The second-order valence-electron chi connectivity index (χ2n) is 2.87. The van der Waals surface area contributed by atoms with Crippen LogP contribution in [-0.2, 0) is 10.8 Å². The van der Waals surface area contributed by atoms with Crippen LogP contribution in [0.4, 0.5) is 13.2 Å². The minimum Gasteiger partial charge on any atom is -0.254 e. The highest BCUT2D eigenvalue weighted by Gasteiger charge is 2.31. The summed E-state index contributed by atoms with van der Waals surface area (Å²) in [6.07, 6.45) is -4.38. The highest BCUT2D eigenvalue weighted by Crippen LogP contribution is 2.21. The summed E-state index contributed by atoms with van der Waals surface area (Å²) in [7, 11) is -1.99. The second kappa shape index (κ2) is 4.13. The SMILES string of the molecule is Cc1ccccc1S(=O)CC(F)(F)F. The highest BCUT2D eigenvalue weighted by molar-refractivity contribution is 7.85. The first kappa shape index (κ1) is 11.2. The number of alkyl halides is 3. The summed E-state index contributed by atoms with van der Waals surface area (Å²) >= 11 is 0. The first-order valence-electron chi connectivity index (χ1n) is 3.91. The van der Waals surface area contributed by atoms with Crippen LogP contribution in [0.25, 0.3) is 0 Å². The van der Waals surface area contributed by atoms with Crippen LogP contribution in [0.3, 0.4) is 0 Å². The van der Waals surface area contributed by atoms with Crippen LogP contribution >= 0.6 is 0 Å². The van der Waals surface area contributed by atoms with Gasteiger partial charge in [0.05, 0.1) is 10.8 Å². The van der Waals surface area contributed by atoms with Gasteiger partial charge in [-0.1, -0.05) is 18.2 Å². The van der Waals surface area contributed by atoms with Gasteiger partial charge in [-0.3, -0.25) is 4.21 Å². The summed E-state index contributed by atoms with van der Waals surface area (Å²) in [5, 5.41) is 0. The molecular weight excluding hydrogens is 213 g/mol. The summed E-state index contributed by atoms with van der Waals surface area (Å²) in [4.78, 5) is 0.254. The fraction of sp³-hybridized carbons (Fsp3) is 0.333. The van der Waals surface area contributed by atoms with Crippen molar-refractivity contribution >= 4 is 10.8 Å². The third-order valence-electron chi connectivity index (χ3n) is 1.63. The van der Waals surface area contributed by atoms with Gasteiger partial charge in [-0.25, -0.2) is 0 Å². The molecule has 1 nitrogen and oxygen atoms in total. The standard InChI is InChI=1S/C9H9F3OS/c1-7-4-2-3-5-8(7)14(13)6-9(10,11)12/h2-5H,6H2,1H3. The molecule has 0 aliphatic carbocycles. The zero-order chi connectivity index (χ0) is 10.8. The van der Waals surface area contributed by atoms with Crippen LogP contribution in [0.5, 0.6) is 0 Å². The van der Waals surface area contributed by atoms with E-state index < -0.39 is 22.7 Å². The molecule has 1 aromatic carbocycles. The molecule has 0 bridgehead atoms. The molecule has 0 aliphatic rings. The van der Waals surface area contributed by atoms with E-state index in [9.17, 15) is 17.4 Å². The van der Waals surface area contributed by atoms with Crippen molar-refractivity contribution in [3.63, 3.8) is 0 Å². The van der Waals surface area contributed by atoms with Gasteiger partial charge in [0.15, 0.2) is 0 Å². The maximum Gasteiger partial charge on any atom is 0.400 e. The minimum absolute atomic E-state index is 0.254. The van der Waals surface area contributed by atoms with Crippen molar-refractivity contribution in [3.05, 3.63) is 29.8 Å². The summed E-state index contributed by atoms with van der Waals surface area (Å²) in [6, 6.07) is 6.38. The Balaban J connectivity index is 2.86. The normalized spacial score (nSPS) is 14.0. The van der Waals surface area contributed by atoms with Crippen LogP contribution in [0.1, 0.15) is 5.56 Å². The van der Waals surface area contributed by atoms with Crippen molar-refractivity contribution in [2.75, 3.05) is 5.75 Å². The summed E-state index contributed by atoms with van der Waals surface area (Å²) in [5.74, 6) is -1.28. The molecule has 0 radical (unpaired) electrons. The van der Waals surface area contributed by atoms with E-state index in [1.54, 1.807) is 25.1 Å². The van der Waals surface area contributed by atoms with Gasteiger partial charge >= 0.3 is 6.18 Å². The van der Waals surface area contributed by atoms with E-state index in [1.165, 1.54) is 6.07 Å². The summed E-state index contributed by atoms with van der Waals surface area (Å²) in [5.41, 5.74) is 0.620. The van der Waals surface area contributed by atoms with Crippen molar-refractivity contribution in [3.8, 4) is 0 Å². The van der Waals surface area contributed by atoms with Gasteiger partial charge in [-0.05, 0) is 18.6 Å². The minimum atomic E-state index is -4.38. The van der Waals surface area contributed by atoms with Crippen molar-refractivity contribution in [1.82, 2.24) is 0 Å². The zero-order valence-electron chi connectivity index (χ0n) is 7.47. The zero-order valence-corrected chi connectivity index (χ0v) is 8.28. The van der Waals surface area contributed by atoms with E-state index in [0.717, 1.165) is 0 Å². The predicted octanol–water partition coefficient (Wildman–Crippen LogP) is 2.66. The molecule has 78 valence electrons. The molecule has 1 rings (SSSR count). The number of hydrogen-bond acceptors (Lipinski definition) is 1. The maximum atomic E-state index is 11.9. The summed E-state index contributed by atoms with van der Waals surface area (Å²) < 4.78 is 47.1. The lowest BCUT2D eigenvalue weighted by molar-refractivity contribution is -0.105. The van der Waals surface area contributed by atoms with Crippen molar-refractivity contribution < 1.29 is 17.4 Å². The first-order chi connectivity index (χ1) is 6.40. The fourth-order valence-electron chi connectivity index (χ4n) is 1.04. The molecule has 5 heteroatoms. The van der Waals surface area contributed by atoms with Crippen molar-refractivity contribution in [2.45, 2.75) is 18.0 Å². The van der Waals surface area contributed by atoms with Crippen LogP contribution < -0.4 is 0 Å². The molecule has 14 heavy (non-hydrogen) atoms. The third kappa shape index (κ3) is 3.14. The molecule has 0 spiro atoms. The van der Waals surface area contributed by atoms with Gasteiger partial charge in [0, 0.05) is 4.90 Å². The van der Waals surface area contributed by atoms with Gasteiger partial charge in [0.25, 0.3) is 0 Å². The second-order valence-corrected chi connectivity index (χ2v) is 4.29. The molecular formula is C9H9F3OS. The number of hydrogen-bond donors (Lipinski definition) is 0. The largest absolute Gasteiger partial charge is 0.400 e. The van der Waals surface area contributed by atoms with E-state index in [2.05, 4.69) is 0 Å². The number of halogens is 3. The lowest BCUT2D eigenvalue weighted by atomic mass is 10.2. The van der Waals surface area contributed by atoms with Gasteiger partial charge < -0.3 is 0 Å². The monoisotopic (exact) mass is 222 g/mol. The Kier molecular flexibility index (Phi) is 3.31. The molecule has 1 aromatic rings. The third-order valence-corrected chi connectivity index (χ3v) is 3.17. The van der Waals surface area contributed by atoms with E-state index >= 15 is 0 Å². The van der Waals surface area contributed by atoms with E-state index in [1.807, 2.05) is 0 Å². The van der Waals surface area contributed by atoms with Crippen LogP contribution in [0, 0.1) is 6.92 Å². The van der Waals surface area contributed by atoms with Gasteiger partial charge in [-0.15, -0.1) is 0 Å². The molecule has 0 fully saturated rings. The quantitative estimate of drug-likeness (QED) is 0.751. The van der Waals surface area contributed by atoms with Crippen molar-refractivity contribution in [2.24, 2.45) is 0 Å². The molecule has 0 N–H and O–H groups in total. The topological polar surface area (TPSA) is 17.1 Å². The first-order valence-corrected chi connectivity index (χ1v) is 5.23. The average molecular weight is 222 g/mol.